The highest BCUT2D eigenvalue weighted by molar-refractivity contribution is 5.66. The monoisotopic (exact) mass is 227 g/mol. The average Bonchev–Trinajstić information content (AvgIpc) is 2.27. The Morgan fingerprint density at radius 3 is 2.75 bits per heavy atom. The lowest BCUT2D eigenvalue weighted by Crippen LogP contribution is -2.43. The van der Waals surface area contributed by atoms with Gasteiger partial charge in [-0.05, 0) is 44.6 Å². The van der Waals surface area contributed by atoms with E-state index in [-0.39, 0.29) is 0 Å². The maximum atomic E-state index is 10.7. The zero-order valence-corrected chi connectivity index (χ0v) is 10.8. The maximum absolute atomic E-state index is 10.7. The van der Waals surface area contributed by atoms with E-state index >= 15 is 0 Å². The zero-order valence-electron chi connectivity index (χ0n) is 10.8. The van der Waals surface area contributed by atoms with Crippen molar-refractivity contribution in [3.63, 3.8) is 0 Å². The van der Waals surface area contributed by atoms with Crippen LogP contribution < -0.4 is 0 Å². The van der Waals surface area contributed by atoms with Crippen molar-refractivity contribution in [2.45, 2.75) is 52.5 Å². The van der Waals surface area contributed by atoms with Gasteiger partial charge in [-0.25, -0.2) is 0 Å². The third-order valence-corrected chi connectivity index (χ3v) is 4.00. The van der Waals surface area contributed by atoms with E-state index in [4.69, 9.17) is 5.11 Å². The van der Waals surface area contributed by atoms with E-state index in [9.17, 15) is 4.79 Å². The van der Waals surface area contributed by atoms with Crippen LogP contribution in [0.15, 0.2) is 0 Å². The van der Waals surface area contributed by atoms with E-state index < -0.39 is 5.97 Å². The molecule has 1 saturated heterocycles. The van der Waals surface area contributed by atoms with Gasteiger partial charge in [0.2, 0.25) is 0 Å². The van der Waals surface area contributed by atoms with Gasteiger partial charge in [0.25, 0.3) is 0 Å². The van der Waals surface area contributed by atoms with Gasteiger partial charge in [0, 0.05) is 19.0 Å². The highest BCUT2D eigenvalue weighted by Crippen LogP contribution is 2.27. The number of aliphatic carboxylic acids is 1. The first kappa shape index (κ1) is 13.5. The second-order valence-electron chi connectivity index (χ2n) is 5.23. The number of carboxylic acids is 1. The summed E-state index contributed by atoms with van der Waals surface area (Å²) in [5, 5.41) is 8.82. The zero-order chi connectivity index (χ0) is 12.1. The highest BCUT2D eigenvalue weighted by Gasteiger charge is 2.27. The summed E-state index contributed by atoms with van der Waals surface area (Å²) in [6.45, 7) is 8.84. The molecular weight excluding hydrogens is 202 g/mol. The van der Waals surface area contributed by atoms with E-state index in [1.54, 1.807) is 0 Å². The van der Waals surface area contributed by atoms with Crippen molar-refractivity contribution in [1.29, 1.82) is 0 Å². The Bertz CT molecular complexity index is 230. The van der Waals surface area contributed by atoms with Gasteiger partial charge in [-0.2, -0.15) is 0 Å². The first-order valence-corrected chi connectivity index (χ1v) is 6.50. The molecule has 1 heterocycles. The van der Waals surface area contributed by atoms with Crippen LogP contribution in [0, 0.1) is 11.8 Å². The molecule has 1 N–H and O–H groups in total. The number of rotatable bonds is 5. The number of hydrogen-bond donors (Lipinski definition) is 1. The normalized spacial score (nSPS) is 26.3. The fraction of sp³-hybridized carbons (Fsp3) is 0.923. The van der Waals surface area contributed by atoms with Crippen LogP contribution in [0.4, 0.5) is 0 Å². The summed E-state index contributed by atoms with van der Waals surface area (Å²) in [7, 11) is 0. The molecule has 0 spiro atoms. The van der Waals surface area contributed by atoms with Crippen LogP contribution in [-0.4, -0.2) is 35.1 Å². The molecular formula is C13H25NO2. The Hall–Kier alpha value is -0.570. The summed E-state index contributed by atoms with van der Waals surface area (Å²) in [5.41, 5.74) is 0. The molecule has 1 aliphatic heterocycles. The predicted molar refractivity (Wildman–Crippen MR) is 65.5 cm³/mol. The van der Waals surface area contributed by atoms with Crippen LogP contribution >= 0.6 is 0 Å². The molecule has 0 amide bonds. The highest BCUT2D eigenvalue weighted by atomic mass is 16.4. The summed E-state index contributed by atoms with van der Waals surface area (Å²) in [6.07, 6.45) is 3.92. The van der Waals surface area contributed by atoms with E-state index in [0.717, 1.165) is 6.54 Å². The largest absolute Gasteiger partial charge is 0.481 e. The van der Waals surface area contributed by atoms with Crippen molar-refractivity contribution < 1.29 is 9.90 Å². The molecule has 94 valence electrons. The molecule has 0 saturated carbocycles. The number of hydrogen-bond acceptors (Lipinski definition) is 2. The molecule has 3 heteroatoms. The molecule has 0 bridgehead atoms. The number of likely N-dealkylation sites (tertiary alicyclic amines) is 1. The van der Waals surface area contributed by atoms with Gasteiger partial charge in [-0.15, -0.1) is 0 Å². The lowest BCUT2D eigenvalue weighted by molar-refractivity contribution is -0.138. The van der Waals surface area contributed by atoms with Crippen LogP contribution in [0.2, 0.25) is 0 Å². The molecule has 3 nitrogen and oxygen atoms in total. The van der Waals surface area contributed by atoms with Crippen LogP contribution in [0.5, 0.6) is 0 Å². The Morgan fingerprint density at radius 1 is 1.50 bits per heavy atom. The Labute approximate surface area is 98.8 Å². The molecule has 1 aliphatic rings. The van der Waals surface area contributed by atoms with E-state index in [0.29, 0.717) is 24.3 Å². The standard InChI is InChI=1S/C13H25NO2/c1-4-11(3)14-7-5-6-12(9-14)10(2)8-13(15)16/h10-12H,4-9H2,1-3H3,(H,15,16). The van der Waals surface area contributed by atoms with Gasteiger partial charge in [0.05, 0.1) is 0 Å². The van der Waals surface area contributed by atoms with E-state index in [1.165, 1.54) is 25.8 Å². The van der Waals surface area contributed by atoms with Gasteiger partial charge in [0.1, 0.15) is 0 Å². The van der Waals surface area contributed by atoms with Crippen LogP contribution in [0.3, 0.4) is 0 Å². The smallest absolute Gasteiger partial charge is 0.303 e. The predicted octanol–water partition coefficient (Wildman–Crippen LogP) is 2.61. The molecule has 1 fully saturated rings. The average molecular weight is 227 g/mol. The molecule has 0 aromatic carbocycles. The van der Waals surface area contributed by atoms with Crippen molar-refractivity contribution in [2.75, 3.05) is 13.1 Å². The molecule has 16 heavy (non-hydrogen) atoms. The lowest BCUT2D eigenvalue weighted by Gasteiger charge is -2.38. The van der Waals surface area contributed by atoms with Crippen LogP contribution in [0.1, 0.15) is 46.5 Å². The fourth-order valence-corrected chi connectivity index (χ4v) is 2.61. The fourth-order valence-electron chi connectivity index (χ4n) is 2.61. The Morgan fingerprint density at radius 2 is 2.19 bits per heavy atom. The number of nitrogens with zero attached hydrogens (tertiary/aromatic N) is 1. The maximum Gasteiger partial charge on any atom is 0.303 e. The van der Waals surface area contributed by atoms with Crippen molar-refractivity contribution >= 4 is 5.97 Å². The minimum absolute atomic E-state index is 0.310. The Kier molecular flexibility index (Phi) is 5.26. The van der Waals surface area contributed by atoms with Crippen molar-refractivity contribution in [2.24, 2.45) is 11.8 Å². The molecule has 0 aromatic heterocycles. The third kappa shape index (κ3) is 3.78. The first-order chi connectivity index (χ1) is 7.54. The van der Waals surface area contributed by atoms with Crippen LogP contribution in [-0.2, 0) is 4.79 Å². The molecule has 1 rings (SSSR count). The minimum Gasteiger partial charge on any atom is -0.481 e. The molecule has 0 aliphatic carbocycles. The number of carbonyl (C=O) groups is 1. The second-order valence-corrected chi connectivity index (χ2v) is 5.23. The lowest BCUT2D eigenvalue weighted by atomic mass is 9.84. The van der Waals surface area contributed by atoms with Crippen molar-refractivity contribution in [3.05, 3.63) is 0 Å². The van der Waals surface area contributed by atoms with Gasteiger partial charge in [-0.3, -0.25) is 4.79 Å². The molecule has 0 radical (unpaired) electrons. The summed E-state index contributed by atoms with van der Waals surface area (Å²) in [4.78, 5) is 13.2. The van der Waals surface area contributed by atoms with Crippen molar-refractivity contribution in [1.82, 2.24) is 4.90 Å². The van der Waals surface area contributed by atoms with E-state index in [2.05, 4.69) is 25.7 Å². The molecule has 3 atom stereocenters. The van der Waals surface area contributed by atoms with Crippen LogP contribution in [0.25, 0.3) is 0 Å². The molecule has 3 unspecified atom stereocenters. The summed E-state index contributed by atoms with van der Waals surface area (Å²) in [5.74, 6) is 0.219. The van der Waals surface area contributed by atoms with Crippen molar-refractivity contribution in [3.8, 4) is 0 Å². The summed E-state index contributed by atoms with van der Waals surface area (Å²) < 4.78 is 0. The van der Waals surface area contributed by atoms with Gasteiger partial charge in [0.15, 0.2) is 0 Å². The van der Waals surface area contributed by atoms with Gasteiger partial charge >= 0.3 is 5.97 Å². The second kappa shape index (κ2) is 6.24. The topological polar surface area (TPSA) is 40.5 Å². The number of piperidine rings is 1. The summed E-state index contributed by atoms with van der Waals surface area (Å²) in [6, 6.07) is 0.639. The minimum atomic E-state index is -0.659. The third-order valence-electron chi connectivity index (χ3n) is 4.00. The van der Waals surface area contributed by atoms with Gasteiger partial charge in [-0.1, -0.05) is 13.8 Å². The number of carboxylic acid groups (broad SMARTS) is 1. The van der Waals surface area contributed by atoms with Gasteiger partial charge < -0.3 is 10.0 Å². The van der Waals surface area contributed by atoms with E-state index in [1.807, 2.05) is 0 Å². The first-order valence-electron chi connectivity index (χ1n) is 6.50. The summed E-state index contributed by atoms with van der Waals surface area (Å²) >= 11 is 0. The SMILES string of the molecule is CCC(C)N1CCCC(C(C)CC(=O)O)C1. The Balaban J connectivity index is 2.46. The molecule has 0 aromatic rings. The quantitative estimate of drug-likeness (QED) is 0.785.